The zero-order chi connectivity index (χ0) is 35.6. The van der Waals surface area contributed by atoms with Crippen LogP contribution < -0.4 is 0 Å². The fourth-order valence-electron chi connectivity index (χ4n) is 13.3. The van der Waals surface area contributed by atoms with Crippen LogP contribution in [0.3, 0.4) is 0 Å². The minimum absolute atomic E-state index is 0.00309. The van der Waals surface area contributed by atoms with Crippen LogP contribution in [0.5, 0.6) is 0 Å². The van der Waals surface area contributed by atoms with Crippen LogP contribution in [0.4, 0.5) is 0 Å². The van der Waals surface area contributed by atoms with Gasteiger partial charge >= 0.3 is 5.97 Å². The van der Waals surface area contributed by atoms with Gasteiger partial charge in [-0.3, -0.25) is 4.79 Å². The van der Waals surface area contributed by atoms with Crippen LogP contribution in [0.15, 0.2) is 11.6 Å². The monoisotopic (exact) mass is 681 g/mol. The van der Waals surface area contributed by atoms with Crippen LogP contribution in [0.25, 0.3) is 0 Å². The maximum absolute atomic E-state index is 13.2. The summed E-state index contributed by atoms with van der Waals surface area (Å²) in [6.07, 6.45) is 32.6. The molecule has 282 valence electrons. The predicted octanol–water partition coefficient (Wildman–Crippen LogP) is 13.2. The number of ether oxygens (including phenoxy) is 1. The summed E-state index contributed by atoms with van der Waals surface area (Å²) in [6, 6.07) is 0. The molecule has 0 radical (unpaired) electrons. The first kappa shape index (κ1) is 39.4. The van der Waals surface area contributed by atoms with Crippen molar-refractivity contribution in [3.63, 3.8) is 0 Å². The molecule has 0 unspecified atom stereocenters. The molecule has 0 saturated heterocycles. The van der Waals surface area contributed by atoms with Gasteiger partial charge in [0.2, 0.25) is 0 Å². The van der Waals surface area contributed by atoms with Gasteiger partial charge in [0.1, 0.15) is 6.10 Å². The molecule has 0 amide bonds. The van der Waals surface area contributed by atoms with E-state index in [1.54, 1.807) is 5.57 Å². The molecular formula is C46H80O3. The second-order valence-corrected chi connectivity index (χ2v) is 20.6. The van der Waals surface area contributed by atoms with Gasteiger partial charge < -0.3 is 9.84 Å². The molecule has 0 aromatic heterocycles. The Bertz CT molecular complexity index is 1140. The molecular weight excluding hydrogens is 601 g/mol. The quantitative estimate of drug-likeness (QED) is 0.100. The molecule has 0 aromatic rings. The Hall–Kier alpha value is -0.830. The van der Waals surface area contributed by atoms with Crippen LogP contribution in [0.1, 0.15) is 209 Å². The molecule has 4 saturated carbocycles. The maximum Gasteiger partial charge on any atom is 0.306 e. The first-order valence-electron chi connectivity index (χ1n) is 21.7. The SMILES string of the molecule is CCCCCCCCCCCCCCCC(=O)O[C@H]1CC[C@]2(C)[C@H]3CC=C4[C@@H]5CC(C)(C)CC[C@]5(CO)CC[C@@]4(C)[C@]3(C)CC[C@H]2C1(C)C. The number of fused-ring (bicyclic) bond motifs is 7. The number of aliphatic hydroxyl groups is 1. The zero-order valence-electron chi connectivity index (χ0n) is 33.8. The molecule has 5 rings (SSSR count). The van der Waals surface area contributed by atoms with Crippen LogP contribution in [0, 0.1) is 50.2 Å². The summed E-state index contributed by atoms with van der Waals surface area (Å²) in [5.41, 5.74) is 2.93. The van der Waals surface area contributed by atoms with Gasteiger partial charge in [-0.2, -0.15) is 0 Å². The van der Waals surface area contributed by atoms with E-state index >= 15 is 0 Å². The lowest BCUT2D eigenvalue weighted by atomic mass is 9.33. The molecule has 1 N–H and O–H groups in total. The summed E-state index contributed by atoms with van der Waals surface area (Å²) in [5, 5.41) is 10.8. The van der Waals surface area contributed by atoms with Crippen molar-refractivity contribution in [1.82, 2.24) is 0 Å². The van der Waals surface area contributed by atoms with Crippen LogP contribution in [-0.2, 0) is 9.53 Å². The highest BCUT2D eigenvalue weighted by atomic mass is 16.5. The number of allylic oxidation sites excluding steroid dienone is 2. The minimum atomic E-state index is -0.00309. The van der Waals surface area contributed by atoms with Gasteiger partial charge in [0.05, 0.1) is 0 Å². The van der Waals surface area contributed by atoms with Crippen LogP contribution in [-0.4, -0.2) is 23.8 Å². The largest absolute Gasteiger partial charge is 0.462 e. The molecule has 0 bridgehead atoms. The predicted molar refractivity (Wildman–Crippen MR) is 206 cm³/mol. The third-order valence-corrected chi connectivity index (χ3v) is 16.8. The number of rotatable bonds is 16. The van der Waals surface area contributed by atoms with Gasteiger partial charge in [-0.1, -0.05) is 144 Å². The second-order valence-electron chi connectivity index (χ2n) is 20.6. The molecule has 3 nitrogen and oxygen atoms in total. The van der Waals surface area contributed by atoms with Crippen molar-refractivity contribution >= 4 is 5.97 Å². The van der Waals surface area contributed by atoms with E-state index in [9.17, 15) is 9.90 Å². The summed E-state index contributed by atoms with van der Waals surface area (Å²) in [5.74, 6) is 1.82. The van der Waals surface area contributed by atoms with Crippen molar-refractivity contribution in [3.8, 4) is 0 Å². The highest BCUT2D eigenvalue weighted by Gasteiger charge is 2.68. The van der Waals surface area contributed by atoms with E-state index in [1.165, 1.54) is 128 Å². The number of esters is 1. The van der Waals surface area contributed by atoms with E-state index < -0.39 is 0 Å². The normalized spacial score (nSPS) is 39.2. The van der Waals surface area contributed by atoms with Crippen molar-refractivity contribution in [2.75, 3.05) is 6.61 Å². The van der Waals surface area contributed by atoms with Gasteiger partial charge in [-0.25, -0.2) is 0 Å². The van der Waals surface area contributed by atoms with Gasteiger partial charge in [0.25, 0.3) is 0 Å². The lowest BCUT2D eigenvalue weighted by Gasteiger charge is -2.71. The number of hydrogen-bond donors (Lipinski definition) is 1. The fraction of sp³-hybridized carbons (Fsp3) is 0.935. The Labute approximate surface area is 304 Å². The van der Waals surface area contributed by atoms with E-state index in [0.717, 1.165) is 19.3 Å². The Kier molecular flexibility index (Phi) is 12.6. The minimum Gasteiger partial charge on any atom is -0.462 e. The number of aliphatic hydroxyl groups excluding tert-OH is 1. The molecule has 5 aliphatic carbocycles. The average Bonchev–Trinajstić information content (AvgIpc) is 3.05. The Balaban J connectivity index is 1.13. The van der Waals surface area contributed by atoms with E-state index in [-0.39, 0.29) is 39.1 Å². The van der Waals surface area contributed by atoms with Crippen molar-refractivity contribution in [3.05, 3.63) is 11.6 Å². The number of unbranched alkanes of at least 4 members (excludes halogenated alkanes) is 12. The summed E-state index contributed by atoms with van der Waals surface area (Å²) >= 11 is 0. The molecule has 4 fully saturated rings. The van der Waals surface area contributed by atoms with E-state index in [1.807, 2.05) is 0 Å². The summed E-state index contributed by atoms with van der Waals surface area (Å²) in [6.45, 7) is 20.4. The Morgan fingerprint density at radius 2 is 1.33 bits per heavy atom. The van der Waals surface area contributed by atoms with Crippen LogP contribution >= 0.6 is 0 Å². The summed E-state index contributed by atoms with van der Waals surface area (Å²) in [7, 11) is 0. The molecule has 49 heavy (non-hydrogen) atoms. The van der Waals surface area contributed by atoms with Crippen LogP contribution in [0.2, 0.25) is 0 Å². The van der Waals surface area contributed by atoms with Gasteiger partial charge in [-0.05, 0) is 110 Å². The van der Waals surface area contributed by atoms with Crippen molar-refractivity contribution in [2.45, 2.75) is 216 Å². The standard InChI is InChI=1S/C46H80O3/c1-9-10-11-12-13-14-15-16-17-18-19-20-21-22-40(48)49-39-26-27-43(6)37(42(39,4)5)25-28-45(8)38(43)24-23-35-36-33-41(2,3)29-31-46(36,34-47)32-30-44(35,45)7/h23,36-39,47H,9-22,24-34H2,1-8H3/t36-,37-,38+,39-,43-,44+,45+,46+/m0/s1. The second kappa shape index (κ2) is 15.6. The highest BCUT2D eigenvalue weighted by Crippen LogP contribution is 2.75. The number of hydrogen-bond acceptors (Lipinski definition) is 3. The average molecular weight is 681 g/mol. The van der Waals surface area contributed by atoms with E-state index in [4.69, 9.17) is 4.74 Å². The molecule has 8 atom stereocenters. The number of carbonyl (C=O) groups excluding carboxylic acids is 1. The lowest BCUT2D eigenvalue weighted by molar-refractivity contribution is -0.213. The van der Waals surface area contributed by atoms with Crippen molar-refractivity contribution in [2.24, 2.45) is 50.2 Å². The van der Waals surface area contributed by atoms with Gasteiger partial charge in [0.15, 0.2) is 0 Å². The molecule has 5 aliphatic rings. The smallest absolute Gasteiger partial charge is 0.306 e. The van der Waals surface area contributed by atoms with E-state index in [0.29, 0.717) is 36.2 Å². The zero-order valence-corrected chi connectivity index (χ0v) is 33.8. The first-order chi connectivity index (χ1) is 23.2. The fourth-order valence-corrected chi connectivity index (χ4v) is 13.3. The highest BCUT2D eigenvalue weighted by molar-refractivity contribution is 5.69. The summed E-state index contributed by atoms with van der Waals surface area (Å²) < 4.78 is 6.40. The first-order valence-corrected chi connectivity index (χ1v) is 21.7. The third-order valence-electron chi connectivity index (χ3n) is 16.8. The third kappa shape index (κ3) is 7.65. The van der Waals surface area contributed by atoms with E-state index in [2.05, 4.69) is 61.5 Å². The molecule has 0 spiro atoms. The molecule has 0 heterocycles. The van der Waals surface area contributed by atoms with Crippen molar-refractivity contribution < 1.29 is 14.6 Å². The molecule has 0 aliphatic heterocycles. The molecule has 3 heteroatoms. The van der Waals surface area contributed by atoms with Gasteiger partial charge in [-0.15, -0.1) is 0 Å². The summed E-state index contributed by atoms with van der Waals surface area (Å²) in [4.78, 5) is 13.2. The Morgan fingerprint density at radius 3 is 1.94 bits per heavy atom. The Morgan fingerprint density at radius 1 is 0.735 bits per heavy atom. The maximum atomic E-state index is 13.2. The van der Waals surface area contributed by atoms with Crippen molar-refractivity contribution in [1.29, 1.82) is 0 Å². The molecule has 0 aromatic carbocycles. The van der Waals surface area contributed by atoms with Gasteiger partial charge in [0, 0.05) is 23.9 Å². The topological polar surface area (TPSA) is 46.5 Å². The number of carbonyl (C=O) groups is 1. The lowest BCUT2D eigenvalue weighted by Crippen LogP contribution is -2.65.